The molecule has 0 aromatic carbocycles. The summed E-state index contributed by atoms with van der Waals surface area (Å²) in [6.45, 7) is 10.5. The number of aromatic nitrogens is 4. The standard InChI is InChI=1S/C13H24N4O3/c1-9(2)20-8-11-14-15-16-17(11)7-10(12(18)19)6-13(3,4)5/h9-10H,6-8H2,1-5H3,(H,18,19). The molecule has 1 aromatic rings. The van der Waals surface area contributed by atoms with Gasteiger partial charge in [-0.2, -0.15) is 0 Å². The molecule has 0 aliphatic carbocycles. The number of tetrazole rings is 1. The third-order valence-electron chi connectivity index (χ3n) is 2.75. The third kappa shape index (κ3) is 5.64. The molecule has 0 amide bonds. The van der Waals surface area contributed by atoms with Crippen LogP contribution in [0.25, 0.3) is 0 Å². The van der Waals surface area contributed by atoms with Gasteiger partial charge in [0.15, 0.2) is 5.82 Å². The van der Waals surface area contributed by atoms with Gasteiger partial charge in [0.1, 0.15) is 6.61 Å². The molecule has 0 bridgehead atoms. The number of carboxylic acid groups (broad SMARTS) is 1. The number of carboxylic acids is 1. The van der Waals surface area contributed by atoms with Crippen molar-refractivity contribution in [2.75, 3.05) is 0 Å². The van der Waals surface area contributed by atoms with Gasteiger partial charge in [0, 0.05) is 0 Å². The first-order valence-electron chi connectivity index (χ1n) is 6.78. The molecule has 1 aromatic heterocycles. The molecule has 20 heavy (non-hydrogen) atoms. The van der Waals surface area contributed by atoms with Gasteiger partial charge in [-0.15, -0.1) is 5.10 Å². The lowest BCUT2D eigenvalue weighted by Crippen LogP contribution is -2.26. The molecule has 0 saturated heterocycles. The summed E-state index contributed by atoms with van der Waals surface area (Å²) < 4.78 is 6.98. The maximum atomic E-state index is 11.4. The fraction of sp³-hybridized carbons (Fsp3) is 0.846. The van der Waals surface area contributed by atoms with Crippen LogP contribution in [0.5, 0.6) is 0 Å². The van der Waals surface area contributed by atoms with Crippen LogP contribution in [0.2, 0.25) is 0 Å². The van der Waals surface area contributed by atoms with Crippen LogP contribution in [0.3, 0.4) is 0 Å². The first kappa shape index (κ1) is 16.6. The monoisotopic (exact) mass is 284 g/mol. The van der Waals surface area contributed by atoms with Gasteiger partial charge in [-0.05, 0) is 36.1 Å². The Labute approximate surface area is 119 Å². The van der Waals surface area contributed by atoms with Gasteiger partial charge < -0.3 is 9.84 Å². The minimum Gasteiger partial charge on any atom is -0.481 e. The molecule has 1 N–H and O–H groups in total. The largest absolute Gasteiger partial charge is 0.481 e. The van der Waals surface area contributed by atoms with Gasteiger partial charge >= 0.3 is 5.97 Å². The number of aliphatic carboxylic acids is 1. The number of nitrogens with zero attached hydrogens (tertiary/aromatic N) is 4. The van der Waals surface area contributed by atoms with E-state index in [1.54, 1.807) is 0 Å². The summed E-state index contributed by atoms with van der Waals surface area (Å²) in [6, 6.07) is 0. The molecule has 0 radical (unpaired) electrons. The Kier molecular flexibility index (Phi) is 5.62. The summed E-state index contributed by atoms with van der Waals surface area (Å²) in [5.74, 6) is -0.790. The van der Waals surface area contributed by atoms with E-state index in [9.17, 15) is 9.90 Å². The second-order valence-corrected chi connectivity index (χ2v) is 6.44. The third-order valence-corrected chi connectivity index (χ3v) is 2.75. The number of ether oxygens (including phenoxy) is 1. The lowest BCUT2D eigenvalue weighted by Gasteiger charge is -2.23. The number of hydrogen-bond acceptors (Lipinski definition) is 5. The molecule has 1 rings (SSSR count). The van der Waals surface area contributed by atoms with E-state index in [1.807, 2.05) is 34.6 Å². The average Bonchev–Trinajstić information content (AvgIpc) is 2.71. The Morgan fingerprint density at radius 3 is 2.55 bits per heavy atom. The predicted octanol–water partition coefficient (Wildman–Crippen LogP) is 1.74. The van der Waals surface area contributed by atoms with Gasteiger partial charge in [0.2, 0.25) is 0 Å². The summed E-state index contributed by atoms with van der Waals surface area (Å²) in [6.07, 6.45) is 0.636. The van der Waals surface area contributed by atoms with Crippen molar-refractivity contribution in [3.63, 3.8) is 0 Å². The zero-order valence-corrected chi connectivity index (χ0v) is 12.8. The fourth-order valence-electron chi connectivity index (χ4n) is 1.89. The van der Waals surface area contributed by atoms with Gasteiger partial charge in [0.05, 0.1) is 18.6 Å². The molecule has 0 fully saturated rings. The molecule has 1 unspecified atom stereocenters. The van der Waals surface area contributed by atoms with Gasteiger partial charge in [0.25, 0.3) is 0 Å². The minimum atomic E-state index is -0.828. The maximum Gasteiger partial charge on any atom is 0.308 e. The zero-order chi connectivity index (χ0) is 15.3. The minimum absolute atomic E-state index is 0.0638. The quantitative estimate of drug-likeness (QED) is 0.820. The van der Waals surface area contributed by atoms with E-state index in [0.717, 1.165) is 0 Å². The van der Waals surface area contributed by atoms with Crippen LogP contribution in [-0.2, 0) is 22.7 Å². The van der Waals surface area contributed by atoms with Crippen molar-refractivity contribution >= 4 is 5.97 Å². The van der Waals surface area contributed by atoms with E-state index in [-0.39, 0.29) is 24.7 Å². The molecule has 7 nitrogen and oxygen atoms in total. The Balaban J connectivity index is 2.74. The molecule has 1 heterocycles. The first-order valence-corrected chi connectivity index (χ1v) is 6.78. The van der Waals surface area contributed by atoms with Crippen molar-refractivity contribution in [1.82, 2.24) is 20.2 Å². The molecular formula is C13H24N4O3. The van der Waals surface area contributed by atoms with Crippen molar-refractivity contribution in [2.24, 2.45) is 11.3 Å². The Hall–Kier alpha value is -1.50. The molecule has 0 saturated carbocycles. The summed E-state index contributed by atoms with van der Waals surface area (Å²) in [5.41, 5.74) is -0.0638. The Morgan fingerprint density at radius 2 is 2.05 bits per heavy atom. The lowest BCUT2D eigenvalue weighted by atomic mass is 9.84. The molecule has 0 spiro atoms. The SMILES string of the molecule is CC(C)OCc1nnnn1CC(CC(C)(C)C)C(=O)O. The fourth-order valence-corrected chi connectivity index (χ4v) is 1.89. The average molecular weight is 284 g/mol. The molecule has 0 aliphatic heterocycles. The molecule has 1 atom stereocenters. The van der Waals surface area contributed by atoms with Crippen LogP contribution >= 0.6 is 0 Å². The van der Waals surface area contributed by atoms with Gasteiger partial charge in [-0.25, -0.2) is 4.68 Å². The second-order valence-electron chi connectivity index (χ2n) is 6.44. The summed E-state index contributed by atoms with van der Waals surface area (Å²) in [7, 11) is 0. The number of rotatable bonds is 7. The van der Waals surface area contributed by atoms with Crippen LogP contribution < -0.4 is 0 Å². The highest BCUT2D eigenvalue weighted by molar-refractivity contribution is 5.69. The smallest absolute Gasteiger partial charge is 0.308 e. The van der Waals surface area contributed by atoms with E-state index in [4.69, 9.17) is 4.74 Å². The van der Waals surface area contributed by atoms with E-state index in [2.05, 4.69) is 15.5 Å². The van der Waals surface area contributed by atoms with Crippen molar-refractivity contribution in [3.8, 4) is 0 Å². The predicted molar refractivity (Wildman–Crippen MR) is 72.9 cm³/mol. The summed E-state index contributed by atoms with van der Waals surface area (Å²) in [5, 5.41) is 20.7. The van der Waals surface area contributed by atoms with Crippen LogP contribution in [0.4, 0.5) is 0 Å². The van der Waals surface area contributed by atoms with Gasteiger partial charge in [-0.3, -0.25) is 4.79 Å². The lowest BCUT2D eigenvalue weighted by molar-refractivity contribution is -0.143. The first-order chi connectivity index (χ1) is 9.19. The van der Waals surface area contributed by atoms with Crippen molar-refractivity contribution in [1.29, 1.82) is 0 Å². The van der Waals surface area contributed by atoms with E-state index < -0.39 is 11.9 Å². The topological polar surface area (TPSA) is 90.1 Å². The summed E-state index contributed by atoms with van der Waals surface area (Å²) >= 11 is 0. The maximum absolute atomic E-state index is 11.4. The Morgan fingerprint density at radius 1 is 1.40 bits per heavy atom. The van der Waals surface area contributed by atoms with Gasteiger partial charge in [-0.1, -0.05) is 20.8 Å². The second kappa shape index (κ2) is 6.78. The molecule has 114 valence electrons. The van der Waals surface area contributed by atoms with Crippen LogP contribution in [0.1, 0.15) is 46.9 Å². The van der Waals surface area contributed by atoms with Crippen molar-refractivity contribution in [2.45, 2.75) is 60.3 Å². The van der Waals surface area contributed by atoms with Crippen LogP contribution in [0.15, 0.2) is 0 Å². The van der Waals surface area contributed by atoms with E-state index >= 15 is 0 Å². The normalized spacial score (nSPS) is 13.7. The zero-order valence-electron chi connectivity index (χ0n) is 12.8. The van der Waals surface area contributed by atoms with Crippen LogP contribution in [-0.4, -0.2) is 37.4 Å². The summed E-state index contributed by atoms with van der Waals surface area (Å²) in [4.78, 5) is 11.4. The van der Waals surface area contributed by atoms with Crippen molar-refractivity contribution < 1.29 is 14.6 Å². The van der Waals surface area contributed by atoms with Crippen molar-refractivity contribution in [3.05, 3.63) is 5.82 Å². The van der Waals surface area contributed by atoms with Crippen LogP contribution in [0, 0.1) is 11.3 Å². The highest BCUT2D eigenvalue weighted by Gasteiger charge is 2.26. The highest BCUT2D eigenvalue weighted by Crippen LogP contribution is 2.25. The van der Waals surface area contributed by atoms with E-state index in [1.165, 1.54) is 4.68 Å². The molecule has 7 heteroatoms. The molecule has 0 aliphatic rings. The molecular weight excluding hydrogens is 260 g/mol. The number of hydrogen-bond donors (Lipinski definition) is 1. The van der Waals surface area contributed by atoms with E-state index in [0.29, 0.717) is 12.2 Å². The Bertz CT molecular complexity index is 437. The number of carbonyl (C=O) groups is 1. The highest BCUT2D eigenvalue weighted by atomic mass is 16.5.